The van der Waals surface area contributed by atoms with Crippen molar-refractivity contribution < 1.29 is 0 Å². The number of rotatable bonds is 4. The van der Waals surface area contributed by atoms with Gasteiger partial charge in [0.15, 0.2) is 0 Å². The first kappa shape index (κ1) is 9.40. The Morgan fingerprint density at radius 3 is 2.91 bits per heavy atom. The molecule has 1 N–H and O–H groups in total. The molecule has 0 aromatic carbocycles. The van der Waals surface area contributed by atoms with Crippen molar-refractivity contribution in [3.8, 4) is 0 Å². The van der Waals surface area contributed by atoms with Gasteiger partial charge in [0.1, 0.15) is 0 Å². The molecule has 11 heavy (non-hydrogen) atoms. The van der Waals surface area contributed by atoms with Crippen molar-refractivity contribution >= 4 is 11.8 Å². The Labute approximate surface area is 74.3 Å². The third kappa shape index (κ3) is 4.02. The largest absolute Gasteiger partial charge is 0.316 e. The molecular weight excluding hydrogens is 154 g/mol. The van der Waals surface area contributed by atoms with Crippen molar-refractivity contribution in [1.29, 1.82) is 0 Å². The standard InChI is InChI=1S/C9H19NS/c1-8(2)11-6-4-9-3-5-10-7-9/h8-10H,3-7H2,1-2H3/t9-/m1/s1. The SMILES string of the molecule is CC(C)SCC[C@H]1CCNC1. The molecular formula is C9H19NS. The number of hydrogen-bond acceptors (Lipinski definition) is 2. The highest BCUT2D eigenvalue weighted by molar-refractivity contribution is 7.99. The molecule has 1 aliphatic heterocycles. The molecule has 1 fully saturated rings. The number of hydrogen-bond donors (Lipinski definition) is 1. The first-order valence-electron chi connectivity index (χ1n) is 4.61. The van der Waals surface area contributed by atoms with Gasteiger partial charge in [-0.25, -0.2) is 0 Å². The van der Waals surface area contributed by atoms with Gasteiger partial charge in [-0.1, -0.05) is 13.8 Å². The van der Waals surface area contributed by atoms with Gasteiger partial charge in [0.2, 0.25) is 0 Å². The van der Waals surface area contributed by atoms with Crippen LogP contribution in [0.3, 0.4) is 0 Å². The van der Waals surface area contributed by atoms with Crippen molar-refractivity contribution in [2.24, 2.45) is 5.92 Å². The van der Waals surface area contributed by atoms with E-state index in [2.05, 4.69) is 30.9 Å². The Balaban J connectivity index is 1.94. The average molecular weight is 173 g/mol. The molecule has 1 aliphatic rings. The first-order valence-corrected chi connectivity index (χ1v) is 5.66. The molecule has 1 nitrogen and oxygen atoms in total. The average Bonchev–Trinajstić information content (AvgIpc) is 2.39. The zero-order valence-electron chi connectivity index (χ0n) is 7.60. The molecule has 1 saturated heterocycles. The second-order valence-corrected chi connectivity index (χ2v) is 5.25. The van der Waals surface area contributed by atoms with Crippen molar-refractivity contribution in [3.05, 3.63) is 0 Å². The lowest BCUT2D eigenvalue weighted by Crippen LogP contribution is -2.09. The van der Waals surface area contributed by atoms with Gasteiger partial charge in [-0.05, 0) is 42.9 Å². The maximum absolute atomic E-state index is 3.40. The van der Waals surface area contributed by atoms with Crippen LogP contribution < -0.4 is 5.32 Å². The summed E-state index contributed by atoms with van der Waals surface area (Å²) in [7, 11) is 0. The van der Waals surface area contributed by atoms with E-state index >= 15 is 0 Å². The minimum Gasteiger partial charge on any atom is -0.316 e. The number of thioether (sulfide) groups is 1. The fourth-order valence-electron chi connectivity index (χ4n) is 1.43. The van der Waals surface area contributed by atoms with Gasteiger partial charge < -0.3 is 5.32 Å². The monoisotopic (exact) mass is 173 g/mol. The van der Waals surface area contributed by atoms with Crippen molar-refractivity contribution in [3.63, 3.8) is 0 Å². The summed E-state index contributed by atoms with van der Waals surface area (Å²) in [6.45, 7) is 7.06. The van der Waals surface area contributed by atoms with Gasteiger partial charge in [-0.2, -0.15) is 11.8 Å². The van der Waals surface area contributed by atoms with Crippen molar-refractivity contribution in [2.45, 2.75) is 31.9 Å². The van der Waals surface area contributed by atoms with Crippen LogP contribution in [0.15, 0.2) is 0 Å². The van der Waals surface area contributed by atoms with Gasteiger partial charge in [0.05, 0.1) is 0 Å². The lowest BCUT2D eigenvalue weighted by Gasteiger charge is -2.08. The second-order valence-electron chi connectivity index (χ2n) is 3.57. The van der Waals surface area contributed by atoms with E-state index in [4.69, 9.17) is 0 Å². The fraction of sp³-hybridized carbons (Fsp3) is 1.00. The van der Waals surface area contributed by atoms with Crippen LogP contribution in [0.25, 0.3) is 0 Å². The molecule has 0 amide bonds. The third-order valence-electron chi connectivity index (χ3n) is 2.14. The summed E-state index contributed by atoms with van der Waals surface area (Å²) in [4.78, 5) is 0. The van der Waals surface area contributed by atoms with Gasteiger partial charge in [-0.3, -0.25) is 0 Å². The maximum atomic E-state index is 3.40. The minimum atomic E-state index is 0.810. The molecule has 0 aromatic rings. The molecule has 2 heteroatoms. The zero-order chi connectivity index (χ0) is 8.10. The minimum absolute atomic E-state index is 0.810. The zero-order valence-corrected chi connectivity index (χ0v) is 8.41. The van der Waals surface area contributed by atoms with E-state index in [1.54, 1.807) is 0 Å². The van der Waals surface area contributed by atoms with Crippen LogP contribution in [0.1, 0.15) is 26.7 Å². The van der Waals surface area contributed by atoms with Crippen molar-refractivity contribution in [2.75, 3.05) is 18.8 Å². The second kappa shape index (κ2) is 5.04. The molecule has 0 spiro atoms. The smallest absolute Gasteiger partial charge is 0.000968 e. The summed E-state index contributed by atoms with van der Waals surface area (Å²) in [5, 5.41) is 4.21. The molecule has 0 saturated carbocycles. The summed E-state index contributed by atoms with van der Waals surface area (Å²) in [6.07, 6.45) is 2.81. The van der Waals surface area contributed by atoms with Crippen LogP contribution in [0, 0.1) is 5.92 Å². The van der Waals surface area contributed by atoms with E-state index in [0.717, 1.165) is 11.2 Å². The highest BCUT2D eigenvalue weighted by Crippen LogP contribution is 2.18. The van der Waals surface area contributed by atoms with Crippen LogP contribution in [-0.4, -0.2) is 24.1 Å². The predicted octanol–water partition coefficient (Wildman–Crippen LogP) is 2.13. The van der Waals surface area contributed by atoms with Crippen LogP contribution >= 0.6 is 11.8 Å². The van der Waals surface area contributed by atoms with E-state index in [-0.39, 0.29) is 0 Å². The molecule has 0 radical (unpaired) electrons. The maximum Gasteiger partial charge on any atom is -0.000968 e. The third-order valence-corrected chi connectivity index (χ3v) is 3.28. The first-order chi connectivity index (χ1) is 5.29. The van der Waals surface area contributed by atoms with Crippen LogP contribution in [0.5, 0.6) is 0 Å². The molecule has 0 bridgehead atoms. The normalized spacial score (nSPS) is 24.8. The lowest BCUT2D eigenvalue weighted by atomic mass is 10.1. The van der Waals surface area contributed by atoms with E-state index in [0.29, 0.717) is 0 Å². The molecule has 66 valence electrons. The summed E-state index contributed by atoms with van der Waals surface area (Å²) < 4.78 is 0. The van der Waals surface area contributed by atoms with E-state index in [1.165, 1.54) is 31.7 Å². The predicted molar refractivity (Wildman–Crippen MR) is 53.2 cm³/mol. The van der Waals surface area contributed by atoms with E-state index in [1.807, 2.05) is 0 Å². The van der Waals surface area contributed by atoms with Crippen LogP contribution in [-0.2, 0) is 0 Å². The molecule has 1 heterocycles. The summed E-state index contributed by atoms with van der Waals surface area (Å²) in [5.41, 5.74) is 0. The summed E-state index contributed by atoms with van der Waals surface area (Å²) >= 11 is 2.09. The fourth-order valence-corrected chi connectivity index (χ4v) is 2.37. The summed E-state index contributed by atoms with van der Waals surface area (Å²) in [6, 6.07) is 0. The van der Waals surface area contributed by atoms with Crippen LogP contribution in [0.2, 0.25) is 0 Å². The Morgan fingerprint density at radius 1 is 1.55 bits per heavy atom. The Morgan fingerprint density at radius 2 is 2.36 bits per heavy atom. The summed E-state index contributed by atoms with van der Waals surface area (Å²) in [5.74, 6) is 2.32. The van der Waals surface area contributed by atoms with Gasteiger partial charge in [0, 0.05) is 0 Å². The topological polar surface area (TPSA) is 12.0 Å². The Bertz CT molecular complexity index is 97.7. The van der Waals surface area contributed by atoms with Gasteiger partial charge in [0.25, 0.3) is 0 Å². The molecule has 1 rings (SSSR count). The Kier molecular flexibility index (Phi) is 4.31. The quantitative estimate of drug-likeness (QED) is 0.699. The van der Waals surface area contributed by atoms with E-state index < -0.39 is 0 Å². The van der Waals surface area contributed by atoms with E-state index in [9.17, 15) is 0 Å². The highest BCUT2D eigenvalue weighted by atomic mass is 32.2. The number of nitrogens with one attached hydrogen (secondary N) is 1. The Hall–Kier alpha value is 0.310. The highest BCUT2D eigenvalue weighted by Gasteiger charge is 2.13. The lowest BCUT2D eigenvalue weighted by molar-refractivity contribution is 0.567. The molecule has 1 atom stereocenters. The molecule has 0 aliphatic carbocycles. The van der Waals surface area contributed by atoms with Crippen molar-refractivity contribution in [1.82, 2.24) is 5.32 Å². The molecule has 0 aromatic heterocycles. The van der Waals surface area contributed by atoms with Gasteiger partial charge >= 0.3 is 0 Å². The molecule has 0 unspecified atom stereocenters. The van der Waals surface area contributed by atoms with Gasteiger partial charge in [-0.15, -0.1) is 0 Å². The van der Waals surface area contributed by atoms with Crippen LogP contribution in [0.4, 0.5) is 0 Å².